The zero-order valence-electron chi connectivity index (χ0n) is 12.4. The molecule has 0 unspecified atom stereocenters. The Hall–Kier alpha value is -1.33. The predicted octanol–water partition coefficient (Wildman–Crippen LogP) is 3.08. The van der Waals surface area contributed by atoms with Crippen molar-refractivity contribution >= 4 is 33.7 Å². The molecule has 0 radical (unpaired) electrons. The highest BCUT2D eigenvalue weighted by Gasteiger charge is 2.21. The molecule has 1 heterocycles. The molecule has 1 aromatic carbocycles. The fraction of sp³-hybridized carbons (Fsp3) is 0.438. The maximum Gasteiger partial charge on any atom is 0.328 e. The summed E-state index contributed by atoms with van der Waals surface area (Å²) in [5.74, 6) is -0.930. The third-order valence-corrected chi connectivity index (χ3v) is 4.56. The van der Waals surface area contributed by atoms with Gasteiger partial charge < -0.3 is 14.9 Å². The minimum atomic E-state index is -0.930. The third kappa shape index (κ3) is 4.32. The minimum Gasteiger partial charge on any atom is -0.478 e. The molecular weight excluding hydrogens is 332 g/mol. The van der Waals surface area contributed by atoms with Crippen LogP contribution in [-0.2, 0) is 4.79 Å². The quantitative estimate of drug-likeness (QED) is 0.845. The van der Waals surface area contributed by atoms with Crippen LogP contribution in [0.1, 0.15) is 18.4 Å². The zero-order chi connectivity index (χ0) is 15.4. The summed E-state index contributed by atoms with van der Waals surface area (Å²) in [7, 11) is 4.28. The summed E-state index contributed by atoms with van der Waals surface area (Å²) >= 11 is 3.60. The van der Waals surface area contributed by atoms with Crippen LogP contribution in [0.4, 0.5) is 5.69 Å². The first kappa shape index (κ1) is 16.0. The van der Waals surface area contributed by atoms with Crippen LogP contribution < -0.4 is 4.90 Å². The first-order valence-corrected chi connectivity index (χ1v) is 7.88. The van der Waals surface area contributed by atoms with Crippen molar-refractivity contribution < 1.29 is 9.90 Å². The van der Waals surface area contributed by atoms with E-state index in [2.05, 4.69) is 45.9 Å². The highest BCUT2D eigenvalue weighted by molar-refractivity contribution is 9.10. The van der Waals surface area contributed by atoms with Crippen LogP contribution in [0, 0.1) is 0 Å². The lowest BCUT2D eigenvalue weighted by atomic mass is 10.0. The number of hydrogen-bond acceptors (Lipinski definition) is 3. The van der Waals surface area contributed by atoms with E-state index in [0.29, 0.717) is 6.04 Å². The smallest absolute Gasteiger partial charge is 0.328 e. The first-order valence-electron chi connectivity index (χ1n) is 7.09. The Morgan fingerprint density at radius 3 is 2.57 bits per heavy atom. The van der Waals surface area contributed by atoms with Gasteiger partial charge in [-0.15, -0.1) is 0 Å². The lowest BCUT2D eigenvalue weighted by Crippen LogP contribution is -2.42. The number of anilines is 1. The maximum atomic E-state index is 10.5. The molecular formula is C16H21BrN2O2. The van der Waals surface area contributed by atoms with Gasteiger partial charge in [0.25, 0.3) is 0 Å². The number of carbonyl (C=O) groups is 1. The molecule has 2 rings (SSSR count). The predicted molar refractivity (Wildman–Crippen MR) is 89.7 cm³/mol. The second-order valence-electron chi connectivity index (χ2n) is 5.56. The second-order valence-corrected chi connectivity index (χ2v) is 6.42. The van der Waals surface area contributed by atoms with E-state index in [4.69, 9.17) is 5.11 Å². The zero-order valence-corrected chi connectivity index (χ0v) is 14.0. The van der Waals surface area contributed by atoms with Crippen molar-refractivity contribution in [1.82, 2.24) is 4.90 Å². The molecule has 0 amide bonds. The largest absolute Gasteiger partial charge is 0.478 e. The summed E-state index contributed by atoms with van der Waals surface area (Å²) in [6.07, 6.45) is 5.10. The van der Waals surface area contributed by atoms with E-state index in [1.54, 1.807) is 6.08 Å². The van der Waals surface area contributed by atoms with E-state index in [0.717, 1.165) is 29.2 Å². The summed E-state index contributed by atoms with van der Waals surface area (Å²) < 4.78 is 1.01. The fourth-order valence-electron chi connectivity index (χ4n) is 2.67. The standard InChI is InChI=1S/C16H21BrN2O2/c1-18(2)13-7-9-19(10-8-13)15-5-3-12(11-14(15)17)4-6-16(20)21/h3-6,11,13H,7-10H2,1-2H3,(H,20,21)/b6-4+. The van der Waals surface area contributed by atoms with Gasteiger partial charge >= 0.3 is 5.97 Å². The Balaban J connectivity index is 2.06. The molecule has 4 nitrogen and oxygen atoms in total. The molecule has 21 heavy (non-hydrogen) atoms. The molecule has 0 bridgehead atoms. The number of rotatable bonds is 4. The van der Waals surface area contributed by atoms with Gasteiger partial charge in [-0.25, -0.2) is 4.79 Å². The lowest BCUT2D eigenvalue weighted by Gasteiger charge is -2.37. The van der Waals surface area contributed by atoms with E-state index in [-0.39, 0.29) is 0 Å². The molecule has 0 aromatic heterocycles. The number of carboxylic acids is 1. The van der Waals surface area contributed by atoms with Crippen LogP contribution in [0.2, 0.25) is 0 Å². The first-order chi connectivity index (χ1) is 9.97. The van der Waals surface area contributed by atoms with Crippen LogP contribution in [0.5, 0.6) is 0 Å². The van der Waals surface area contributed by atoms with Crippen molar-refractivity contribution in [2.45, 2.75) is 18.9 Å². The minimum absolute atomic E-state index is 0.665. The van der Waals surface area contributed by atoms with Crippen LogP contribution in [-0.4, -0.2) is 49.2 Å². The fourth-order valence-corrected chi connectivity index (χ4v) is 3.32. The van der Waals surface area contributed by atoms with Gasteiger partial charge in [0.05, 0.1) is 5.69 Å². The van der Waals surface area contributed by atoms with Crippen molar-refractivity contribution in [3.8, 4) is 0 Å². The average molecular weight is 353 g/mol. The molecule has 1 fully saturated rings. The molecule has 0 spiro atoms. The molecule has 0 saturated carbocycles. The van der Waals surface area contributed by atoms with Gasteiger partial charge in [0.2, 0.25) is 0 Å². The molecule has 1 aliphatic rings. The average Bonchev–Trinajstić information content (AvgIpc) is 2.45. The summed E-state index contributed by atoms with van der Waals surface area (Å²) in [5.41, 5.74) is 2.07. The SMILES string of the molecule is CN(C)C1CCN(c2ccc(/C=C/C(=O)O)cc2Br)CC1. The Morgan fingerprint density at radius 1 is 1.38 bits per heavy atom. The molecule has 1 N–H and O–H groups in total. The molecule has 1 aromatic rings. The van der Waals surface area contributed by atoms with Crippen LogP contribution in [0.25, 0.3) is 6.08 Å². The van der Waals surface area contributed by atoms with Gasteiger partial charge in [-0.3, -0.25) is 0 Å². The normalized spacial score (nSPS) is 16.9. The van der Waals surface area contributed by atoms with Crippen molar-refractivity contribution in [2.24, 2.45) is 0 Å². The lowest BCUT2D eigenvalue weighted by molar-refractivity contribution is -0.131. The Morgan fingerprint density at radius 2 is 2.05 bits per heavy atom. The molecule has 1 saturated heterocycles. The van der Waals surface area contributed by atoms with Gasteiger partial charge in [0, 0.05) is 29.7 Å². The maximum absolute atomic E-state index is 10.5. The monoisotopic (exact) mass is 352 g/mol. The summed E-state index contributed by atoms with van der Waals surface area (Å²) in [4.78, 5) is 15.2. The van der Waals surface area contributed by atoms with E-state index in [1.165, 1.54) is 18.5 Å². The van der Waals surface area contributed by atoms with Crippen molar-refractivity contribution in [3.63, 3.8) is 0 Å². The number of piperidine rings is 1. The van der Waals surface area contributed by atoms with Crippen molar-refractivity contribution in [1.29, 1.82) is 0 Å². The highest BCUT2D eigenvalue weighted by atomic mass is 79.9. The van der Waals surface area contributed by atoms with Crippen LogP contribution >= 0.6 is 15.9 Å². The Labute approximate surface area is 134 Å². The third-order valence-electron chi connectivity index (χ3n) is 3.93. The highest BCUT2D eigenvalue weighted by Crippen LogP contribution is 2.30. The number of halogens is 1. The number of aliphatic carboxylic acids is 1. The second kappa shape index (κ2) is 7.09. The van der Waals surface area contributed by atoms with Crippen LogP contribution in [0.15, 0.2) is 28.7 Å². The topological polar surface area (TPSA) is 43.8 Å². The van der Waals surface area contributed by atoms with Crippen molar-refractivity contribution in [2.75, 3.05) is 32.1 Å². The van der Waals surface area contributed by atoms with E-state index in [9.17, 15) is 4.79 Å². The molecule has 5 heteroatoms. The van der Waals surface area contributed by atoms with Gasteiger partial charge in [-0.2, -0.15) is 0 Å². The van der Waals surface area contributed by atoms with Gasteiger partial charge in [0.1, 0.15) is 0 Å². The van der Waals surface area contributed by atoms with E-state index in [1.807, 2.05) is 12.1 Å². The molecule has 0 aliphatic carbocycles. The van der Waals surface area contributed by atoms with Crippen LogP contribution in [0.3, 0.4) is 0 Å². The number of hydrogen-bond donors (Lipinski definition) is 1. The molecule has 1 aliphatic heterocycles. The molecule has 0 atom stereocenters. The van der Waals surface area contributed by atoms with E-state index < -0.39 is 5.97 Å². The number of benzene rings is 1. The number of carboxylic acid groups (broad SMARTS) is 1. The Kier molecular flexibility index (Phi) is 5.42. The summed E-state index contributed by atoms with van der Waals surface area (Å²) in [6.45, 7) is 2.09. The van der Waals surface area contributed by atoms with Gasteiger partial charge in [-0.05, 0) is 66.6 Å². The van der Waals surface area contributed by atoms with Gasteiger partial charge in [0.15, 0.2) is 0 Å². The summed E-state index contributed by atoms with van der Waals surface area (Å²) in [5, 5.41) is 8.66. The van der Waals surface area contributed by atoms with Crippen molar-refractivity contribution in [3.05, 3.63) is 34.3 Å². The summed E-state index contributed by atoms with van der Waals surface area (Å²) in [6, 6.07) is 6.64. The molecule has 114 valence electrons. The number of nitrogens with zero attached hydrogens (tertiary/aromatic N) is 2. The van der Waals surface area contributed by atoms with E-state index >= 15 is 0 Å². The Bertz CT molecular complexity index is 535. The van der Waals surface area contributed by atoms with Gasteiger partial charge in [-0.1, -0.05) is 6.07 Å².